The predicted molar refractivity (Wildman–Crippen MR) is 114 cm³/mol. The molecule has 0 aromatic heterocycles. The molecule has 0 aliphatic carbocycles. The first kappa shape index (κ1) is 22.9. The van der Waals surface area contributed by atoms with Gasteiger partial charge >= 0.3 is 0 Å². The SMILES string of the molecule is CCc1ccc(OCC(=O)N(Cc2ccc(F)cc2)C(CC)C(=O)NC)c(Br)c1. The van der Waals surface area contributed by atoms with Crippen molar-refractivity contribution in [2.24, 2.45) is 0 Å². The third-order valence-electron chi connectivity index (χ3n) is 4.65. The lowest BCUT2D eigenvalue weighted by Crippen LogP contribution is -2.49. The van der Waals surface area contributed by atoms with Gasteiger partial charge in [0.1, 0.15) is 17.6 Å². The molecule has 0 aliphatic heterocycles. The van der Waals surface area contributed by atoms with Gasteiger partial charge in [-0.15, -0.1) is 0 Å². The molecular formula is C22H26BrFN2O3. The fraction of sp³-hybridized carbons (Fsp3) is 0.364. The van der Waals surface area contributed by atoms with E-state index in [0.29, 0.717) is 12.2 Å². The molecule has 7 heteroatoms. The molecule has 0 spiro atoms. The van der Waals surface area contributed by atoms with Gasteiger partial charge in [0.15, 0.2) is 6.61 Å². The van der Waals surface area contributed by atoms with Crippen LogP contribution in [0.4, 0.5) is 4.39 Å². The van der Waals surface area contributed by atoms with Crippen LogP contribution in [0.1, 0.15) is 31.4 Å². The van der Waals surface area contributed by atoms with Crippen LogP contribution in [0.15, 0.2) is 46.9 Å². The summed E-state index contributed by atoms with van der Waals surface area (Å²) in [6, 6.07) is 10.9. The minimum Gasteiger partial charge on any atom is -0.483 e. The average Bonchev–Trinajstić information content (AvgIpc) is 2.73. The van der Waals surface area contributed by atoms with Crippen molar-refractivity contribution in [3.63, 3.8) is 0 Å². The average molecular weight is 465 g/mol. The first-order valence-corrected chi connectivity index (χ1v) is 10.4. The number of nitrogens with zero attached hydrogens (tertiary/aromatic N) is 1. The summed E-state index contributed by atoms with van der Waals surface area (Å²) in [5.41, 5.74) is 1.88. The standard InChI is InChI=1S/C22H26BrFN2O3/c1-4-15-8-11-20(18(23)12-15)29-14-21(27)26(19(5-2)22(28)25-3)13-16-6-9-17(24)10-7-16/h6-12,19H,4-5,13-14H2,1-3H3,(H,25,28). The molecule has 2 amide bonds. The maximum Gasteiger partial charge on any atom is 0.261 e. The summed E-state index contributed by atoms with van der Waals surface area (Å²) in [7, 11) is 1.54. The number of hydrogen-bond donors (Lipinski definition) is 1. The summed E-state index contributed by atoms with van der Waals surface area (Å²) in [6.45, 7) is 3.87. The molecule has 0 fully saturated rings. The molecule has 0 bridgehead atoms. The van der Waals surface area contributed by atoms with Gasteiger partial charge < -0.3 is 15.0 Å². The van der Waals surface area contributed by atoms with Gasteiger partial charge in [-0.2, -0.15) is 0 Å². The Hall–Kier alpha value is -2.41. The Kier molecular flexibility index (Phi) is 8.64. The normalized spacial score (nSPS) is 11.6. The van der Waals surface area contributed by atoms with Crippen molar-refractivity contribution < 1.29 is 18.7 Å². The van der Waals surface area contributed by atoms with Crippen molar-refractivity contribution >= 4 is 27.7 Å². The van der Waals surface area contributed by atoms with E-state index >= 15 is 0 Å². The van der Waals surface area contributed by atoms with E-state index in [-0.39, 0.29) is 30.8 Å². The van der Waals surface area contributed by atoms with E-state index in [0.717, 1.165) is 22.0 Å². The molecule has 1 unspecified atom stereocenters. The summed E-state index contributed by atoms with van der Waals surface area (Å²) in [6.07, 6.45) is 1.34. The zero-order valence-electron chi connectivity index (χ0n) is 16.9. The molecule has 0 saturated carbocycles. The number of carbonyl (C=O) groups is 2. The van der Waals surface area contributed by atoms with Crippen molar-refractivity contribution in [2.45, 2.75) is 39.3 Å². The van der Waals surface area contributed by atoms with Crippen LogP contribution in [-0.2, 0) is 22.6 Å². The highest BCUT2D eigenvalue weighted by Crippen LogP contribution is 2.26. The number of hydrogen-bond acceptors (Lipinski definition) is 3. The Morgan fingerprint density at radius 3 is 2.34 bits per heavy atom. The van der Waals surface area contributed by atoms with Crippen molar-refractivity contribution in [1.29, 1.82) is 0 Å². The number of carbonyl (C=O) groups excluding carboxylic acids is 2. The maximum atomic E-state index is 13.2. The van der Waals surface area contributed by atoms with Gasteiger partial charge in [0.25, 0.3) is 5.91 Å². The molecule has 0 aliphatic rings. The largest absolute Gasteiger partial charge is 0.483 e. The van der Waals surface area contributed by atoms with E-state index in [1.165, 1.54) is 24.1 Å². The van der Waals surface area contributed by atoms with E-state index in [4.69, 9.17) is 4.74 Å². The van der Waals surface area contributed by atoms with Gasteiger partial charge in [0.05, 0.1) is 4.47 Å². The number of amides is 2. The summed E-state index contributed by atoms with van der Waals surface area (Å²) in [5.74, 6) is -0.369. The minimum absolute atomic E-state index is 0.185. The molecule has 1 atom stereocenters. The maximum absolute atomic E-state index is 13.2. The van der Waals surface area contributed by atoms with E-state index < -0.39 is 6.04 Å². The smallest absolute Gasteiger partial charge is 0.261 e. The number of likely N-dealkylation sites (N-methyl/N-ethyl adjacent to an activating group) is 1. The first-order valence-electron chi connectivity index (χ1n) is 9.56. The summed E-state index contributed by atoms with van der Waals surface area (Å²) in [5, 5.41) is 2.60. The fourth-order valence-electron chi connectivity index (χ4n) is 2.98. The van der Waals surface area contributed by atoms with Crippen molar-refractivity contribution in [3.05, 3.63) is 63.9 Å². The molecular weight excluding hydrogens is 439 g/mol. The highest BCUT2D eigenvalue weighted by atomic mass is 79.9. The topological polar surface area (TPSA) is 58.6 Å². The summed E-state index contributed by atoms with van der Waals surface area (Å²) in [4.78, 5) is 26.8. The molecule has 29 heavy (non-hydrogen) atoms. The van der Waals surface area contributed by atoms with Gasteiger partial charge in [-0.25, -0.2) is 4.39 Å². The van der Waals surface area contributed by atoms with Gasteiger partial charge in [-0.3, -0.25) is 9.59 Å². The van der Waals surface area contributed by atoms with E-state index in [1.807, 2.05) is 25.1 Å². The third-order valence-corrected chi connectivity index (χ3v) is 5.27. The Bertz CT molecular complexity index is 842. The molecule has 0 saturated heterocycles. The van der Waals surface area contributed by atoms with Crippen LogP contribution >= 0.6 is 15.9 Å². The number of aryl methyl sites for hydroxylation is 1. The minimum atomic E-state index is -0.646. The first-order chi connectivity index (χ1) is 13.9. The second-order valence-corrected chi connectivity index (χ2v) is 7.45. The number of rotatable bonds is 9. The summed E-state index contributed by atoms with van der Waals surface area (Å²) < 4.78 is 19.7. The van der Waals surface area contributed by atoms with Gasteiger partial charge in [0, 0.05) is 13.6 Å². The van der Waals surface area contributed by atoms with Crippen LogP contribution in [0, 0.1) is 5.82 Å². The van der Waals surface area contributed by atoms with E-state index in [2.05, 4.69) is 28.2 Å². The summed E-state index contributed by atoms with van der Waals surface area (Å²) >= 11 is 3.46. The Morgan fingerprint density at radius 1 is 1.14 bits per heavy atom. The molecule has 2 aromatic carbocycles. The zero-order valence-corrected chi connectivity index (χ0v) is 18.5. The molecule has 156 valence electrons. The highest BCUT2D eigenvalue weighted by molar-refractivity contribution is 9.10. The van der Waals surface area contributed by atoms with Crippen molar-refractivity contribution in [1.82, 2.24) is 10.2 Å². The van der Waals surface area contributed by atoms with Crippen molar-refractivity contribution in [3.8, 4) is 5.75 Å². The Labute approximate surface area is 179 Å². The molecule has 0 radical (unpaired) electrons. The lowest BCUT2D eigenvalue weighted by Gasteiger charge is -2.30. The Morgan fingerprint density at radius 2 is 1.79 bits per heavy atom. The molecule has 2 rings (SSSR count). The van der Waals surface area contributed by atoms with E-state index in [9.17, 15) is 14.0 Å². The number of halogens is 2. The predicted octanol–water partition coefficient (Wildman–Crippen LogP) is 4.08. The van der Waals surface area contributed by atoms with Crippen LogP contribution in [0.3, 0.4) is 0 Å². The number of nitrogens with one attached hydrogen (secondary N) is 1. The number of benzene rings is 2. The van der Waals surface area contributed by atoms with Gasteiger partial charge in [-0.1, -0.05) is 32.0 Å². The highest BCUT2D eigenvalue weighted by Gasteiger charge is 2.28. The monoisotopic (exact) mass is 464 g/mol. The lowest BCUT2D eigenvalue weighted by molar-refractivity contribution is -0.142. The molecule has 5 nitrogen and oxygen atoms in total. The van der Waals surface area contributed by atoms with E-state index in [1.54, 1.807) is 12.1 Å². The van der Waals surface area contributed by atoms with Crippen LogP contribution < -0.4 is 10.1 Å². The molecule has 2 aromatic rings. The molecule has 1 N–H and O–H groups in total. The van der Waals surface area contributed by atoms with Crippen molar-refractivity contribution in [2.75, 3.05) is 13.7 Å². The Balaban J connectivity index is 2.18. The lowest BCUT2D eigenvalue weighted by atomic mass is 10.1. The zero-order chi connectivity index (χ0) is 21.4. The van der Waals surface area contributed by atoms with Crippen LogP contribution in [-0.4, -0.2) is 36.4 Å². The fourth-order valence-corrected chi connectivity index (χ4v) is 3.52. The van der Waals surface area contributed by atoms with Gasteiger partial charge in [-0.05, 0) is 64.2 Å². The van der Waals surface area contributed by atoms with Crippen LogP contribution in [0.2, 0.25) is 0 Å². The second-order valence-electron chi connectivity index (χ2n) is 6.59. The molecule has 0 heterocycles. The number of ether oxygens (including phenoxy) is 1. The van der Waals surface area contributed by atoms with Crippen LogP contribution in [0.5, 0.6) is 5.75 Å². The second kappa shape index (κ2) is 11.0. The third kappa shape index (κ3) is 6.29. The van der Waals surface area contributed by atoms with Crippen LogP contribution in [0.25, 0.3) is 0 Å². The van der Waals surface area contributed by atoms with Gasteiger partial charge in [0.2, 0.25) is 5.91 Å². The quantitative estimate of drug-likeness (QED) is 0.607.